The number of hydrogen-bond acceptors (Lipinski definition) is 7. The number of amides is 2. The number of rotatable bonds is 8. The van der Waals surface area contributed by atoms with Crippen molar-refractivity contribution in [3.05, 3.63) is 59.7 Å². The normalized spacial score (nSPS) is 18.9. The Bertz CT molecular complexity index is 1230. The van der Waals surface area contributed by atoms with Gasteiger partial charge in [-0.3, -0.25) is 0 Å². The van der Waals surface area contributed by atoms with Crippen molar-refractivity contribution in [1.82, 2.24) is 10.2 Å². The summed E-state index contributed by atoms with van der Waals surface area (Å²) in [6.45, 7) is 5.53. The number of methoxy groups -OCH3 is 1. The van der Waals surface area contributed by atoms with Gasteiger partial charge in [0.05, 0.1) is 0 Å². The second kappa shape index (κ2) is 12.3. The molecule has 40 heavy (non-hydrogen) atoms. The van der Waals surface area contributed by atoms with Gasteiger partial charge in [-0.15, -0.1) is 0 Å². The first-order chi connectivity index (χ1) is 19.0. The monoisotopic (exact) mass is 618 g/mol. The van der Waals surface area contributed by atoms with Crippen LogP contribution in [0.3, 0.4) is 0 Å². The van der Waals surface area contributed by atoms with Gasteiger partial charge in [-0.25, -0.2) is 0 Å². The van der Waals surface area contributed by atoms with Crippen LogP contribution in [0, 0.1) is 0 Å². The minimum atomic E-state index is -1.18. The third-order valence-electron chi connectivity index (χ3n) is 6.80. The molecule has 2 N–H and O–H groups in total. The summed E-state index contributed by atoms with van der Waals surface area (Å²) in [5.74, 6) is -1.86. The molecule has 3 atom stereocenters. The average molecular weight is 618 g/mol. The number of hydrogen-bond donors (Lipinski definition) is 2. The van der Waals surface area contributed by atoms with Gasteiger partial charge in [-0.05, 0) is 0 Å². The molecule has 2 aromatic carbocycles. The first-order valence-corrected chi connectivity index (χ1v) is 15.2. The Hall–Kier alpha value is -3.56. The number of nitrogens with zero attached hydrogens (tertiary/aromatic N) is 1. The van der Waals surface area contributed by atoms with Gasteiger partial charge in [0.1, 0.15) is 0 Å². The van der Waals surface area contributed by atoms with E-state index in [4.69, 9.17) is 14.2 Å². The molecule has 2 amide bonds. The van der Waals surface area contributed by atoms with Gasteiger partial charge in [0.25, 0.3) is 0 Å². The topological polar surface area (TPSA) is 131 Å². The molecule has 11 heteroatoms. The zero-order chi connectivity index (χ0) is 29.0. The van der Waals surface area contributed by atoms with Crippen molar-refractivity contribution < 1.29 is 38.5 Å². The minimum absolute atomic E-state index is 0.0750. The predicted molar refractivity (Wildman–Crippen MR) is 147 cm³/mol. The summed E-state index contributed by atoms with van der Waals surface area (Å²) < 4.78 is 15.8. The van der Waals surface area contributed by atoms with E-state index in [9.17, 15) is 24.3 Å². The Balaban J connectivity index is 1.34. The first-order valence-electron chi connectivity index (χ1n) is 13.0. The molecule has 1 fully saturated rings. The molecule has 1 saturated heterocycles. The molecule has 0 aromatic heterocycles. The van der Waals surface area contributed by atoms with E-state index < -0.39 is 41.8 Å². The van der Waals surface area contributed by atoms with Gasteiger partial charge in [-0.1, -0.05) is 0 Å². The quantitative estimate of drug-likeness (QED) is 0.258. The molecule has 1 aliphatic carbocycles. The molecule has 0 saturated carbocycles. The van der Waals surface area contributed by atoms with Crippen molar-refractivity contribution in [2.45, 2.75) is 60.9 Å². The fourth-order valence-electron chi connectivity index (χ4n) is 4.99. The van der Waals surface area contributed by atoms with Gasteiger partial charge in [0.2, 0.25) is 0 Å². The fourth-order valence-corrected chi connectivity index (χ4v) is 7.66. The van der Waals surface area contributed by atoms with Crippen molar-refractivity contribution in [2.24, 2.45) is 0 Å². The van der Waals surface area contributed by atoms with Crippen LogP contribution < -0.4 is 5.32 Å². The summed E-state index contributed by atoms with van der Waals surface area (Å²) in [5, 5.41) is 12.4. The maximum absolute atomic E-state index is 12.7. The summed E-state index contributed by atoms with van der Waals surface area (Å²) in [6.07, 6.45) is -1.09. The van der Waals surface area contributed by atoms with Gasteiger partial charge < -0.3 is 0 Å². The van der Waals surface area contributed by atoms with E-state index in [0.717, 1.165) is 22.3 Å². The summed E-state index contributed by atoms with van der Waals surface area (Å²) >= 11 is -0.317. The number of nitrogens with one attached hydrogen (secondary N) is 1. The zero-order valence-electron chi connectivity index (χ0n) is 22.9. The van der Waals surface area contributed by atoms with Crippen LogP contribution in [0.25, 0.3) is 11.1 Å². The van der Waals surface area contributed by atoms with Crippen molar-refractivity contribution in [3.8, 4) is 11.1 Å². The second-order valence-electron chi connectivity index (χ2n) is 10.7. The predicted octanol–water partition coefficient (Wildman–Crippen LogP) is 4.07. The number of esters is 1. The number of alkyl carbamates (subject to hydrolysis) is 1. The molecule has 2 aliphatic rings. The maximum atomic E-state index is 12.7. The molecular formula is C29H34N2O8Se. The van der Waals surface area contributed by atoms with E-state index in [0.29, 0.717) is 6.42 Å². The third kappa shape index (κ3) is 6.77. The van der Waals surface area contributed by atoms with Crippen LogP contribution in [0.5, 0.6) is 0 Å². The number of carboxylic acids is 1. The number of carbonyl (C=O) groups is 4. The summed E-state index contributed by atoms with van der Waals surface area (Å²) in [6, 6.07) is 13.9. The van der Waals surface area contributed by atoms with E-state index in [-0.39, 0.29) is 44.2 Å². The van der Waals surface area contributed by atoms with Crippen LogP contribution in [-0.4, -0.2) is 87.0 Å². The van der Waals surface area contributed by atoms with Crippen LogP contribution in [0.1, 0.15) is 44.2 Å². The number of aliphatic carboxylic acids is 1. The fraction of sp³-hybridized carbons (Fsp3) is 0.448. The molecule has 10 nitrogen and oxygen atoms in total. The molecule has 214 valence electrons. The number of fused-ring (bicyclic) bond motifs is 3. The molecule has 1 aliphatic heterocycles. The zero-order valence-corrected chi connectivity index (χ0v) is 24.6. The Morgan fingerprint density at radius 3 is 2.20 bits per heavy atom. The van der Waals surface area contributed by atoms with E-state index in [1.807, 2.05) is 48.5 Å². The van der Waals surface area contributed by atoms with E-state index in [1.165, 1.54) is 12.0 Å². The molecule has 2 aromatic rings. The third-order valence-corrected chi connectivity index (χ3v) is 9.61. The number of carboxylic acid groups (broad SMARTS) is 1. The van der Waals surface area contributed by atoms with E-state index >= 15 is 0 Å². The Morgan fingerprint density at radius 1 is 1.05 bits per heavy atom. The number of likely N-dealkylation sites (tertiary alicyclic amines) is 1. The molecular weight excluding hydrogens is 583 g/mol. The molecule has 1 heterocycles. The summed E-state index contributed by atoms with van der Waals surface area (Å²) in [7, 11) is 1.26. The Kier molecular flexibility index (Phi) is 9.05. The van der Waals surface area contributed by atoms with Gasteiger partial charge in [0.15, 0.2) is 0 Å². The standard InChI is InChI=1S/C29H34N2O8Se/c1-29(2,3)39-28(36)31-14-17(13-24(31)26(34)37-4)40-16-23(25(32)33)30-27(35)38-15-22-20-11-7-5-9-18(20)19-10-6-8-12-21(19)22/h5-12,17,22-24H,13-16H2,1-4H3,(H,30,35)(H,32,33)/t17-,23-,24-/m0/s1. The van der Waals surface area contributed by atoms with Crippen LogP contribution in [0.2, 0.25) is 10.1 Å². The molecule has 0 bridgehead atoms. The number of benzene rings is 2. The molecule has 4 rings (SSSR count). The van der Waals surface area contributed by atoms with Crippen molar-refractivity contribution in [2.75, 3.05) is 20.3 Å². The second-order valence-corrected chi connectivity index (χ2v) is 13.5. The Morgan fingerprint density at radius 2 is 1.65 bits per heavy atom. The average Bonchev–Trinajstić information content (AvgIpc) is 3.48. The van der Waals surface area contributed by atoms with Crippen LogP contribution in [-0.2, 0) is 23.8 Å². The van der Waals surface area contributed by atoms with Crippen LogP contribution >= 0.6 is 0 Å². The molecule has 0 unspecified atom stereocenters. The van der Waals surface area contributed by atoms with Gasteiger partial charge in [0, 0.05) is 0 Å². The van der Waals surface area contributed by atoms with Crippen molar-refractivity contribution >= 4 is 39.1 Å². The van der Waals surface area contributed by atoms with Crippen LogP contribution in [0.15, 0.2) is 48.5 Å². The Labute approximate surface area is 239 Å². The summed E-state index contributed by atoms with van der Waals surface area (Å²) in [4.78, 5) is 50.9. The van der Waals surface area contributed by atoms with Gasteiger partial charge >= 0.3 is 240 Å². The molecule has 0 radical (unpaired) electrons. The SMILES string of the molecule is COC(=O)[C@@H]1C[C@H]([Se]C[C@H](NC(=O)OCC2c3ccccc3-c3ccccc32)C(=O)O)CN1C(=O)OC(C)(C)C. The van der Waals surface area contributed by atoms with E-state index in [1.54, 1.807) is 20.8 Å². The van der Waals surface area contributed by atoms with Crippen molar-refractivity contribution in [3.63, 3.8) is 0 Å². The van der Waals surface area contributed by atoms with E-state index in [2.05, 4.69) is 5.32 Å². The number of carbonyl (C=O) groups excluding carboxylic acids is 3. The molecule has 0 spiro atoms. The van der Waals surface area contributed by atoms with Crippen LogP contribution in [0.4, 0.5) is 9.59 Å². The summed E-state index contributed by atoms with van der Waals surface area (Å²) in [5.41, 5.74) is 3.58. The number of ether oxygens (including phenoxy) is 3. The van der Waals surface area contributed by atoms with Crippen molar-refractivity contribution in [1.29, 1.82) is 0 Å². The van der Waals surface area contributed by atoms with Gasteiger partial charge in [-0.2, -0.15) is 0 Å². The first kappa shape index (κ1) is 29.4.